The summed E-state index contributed by atoms with van der Waals surface area (Å²) in [5.41, 5.74) is 1.17. The summed E-state index contributed by atoms with van der Waals surface area (Å²) in [6, 6.07) is 1.95. The van der Waals surface area contributed by atoms with E-state index in [1.807, 2.05) is 6.07 Å². The highest BCUT2D eigenvalue weighted by Crippen LogP contribution is 2.15. The van der Waals surface area contributed by atoms with Gasteiger partial charge in [-0.15, -0.1) is 0 Å². The van der Waals surface area contributed by atoms with Crippen LogP contribution in [0.1, 0.15) is 37.0 Å². The molecule has 0 amide bonds. The SMILES string of the molecule is O=CCCCc1ccoc1CCCC=O. The van der Waals surface area contributed by atoms with E-state index in [9.17, 15) is 9.59 Å². The fourth-order valence-electron chi connectivity index (χ4n) is 1.53. The first-order valence-corrected chi connectivity index (χ1v) is 5.31. The fraction of sp³-hybridized carbons (Fsp3) is 0.500. The van der Waals surface area contributed by atoms with Gasteiger partial charge in [0.05, 0.1) is 6.26 Å². The first-order chi connectivity index (χ1) is 7.38. The van der Waals surface area contributed by atoms with Crippen LogP contribution < -0.4 is 0 Å². The van der Waals surface area contributed by atoms with Crippen molar-refractivity contribution in [2.45, 2.75) is 38.5 Å². The Hall–Kier alpha value is -1.38. The van der Waals surface area contributed by atoms with E-state index in [-0.39, 0.29) is 0 Å². The number of unbranched alkanes of at least 4 members (excludes halogenated alkanes) is 2. The summed E-state index contributed by atoms with van der Waals surface area (Å²) in [5, 5.41) is 0. The van der Waals surface area contributed by atoms with Gasteiger partial charge in [-0.25, -0.2) is 0 Å². The van der Waals surface area contributed by atoms with Crippen LogP contribution in [0.4, 0.5) is 0 Å². The number of carbonyl (C=O) groups is 2. The van der Waals surface area contributed by atoms with Crippen LogP contribution in [0.15, 0.2) is 16.7 Å². The Morgan fingerprint density at radius 3 is 2.40 bits per heavy atom. The summed E-state index contributed by atoms with van der Waals surface area (Å²) >= 11 is 0. The highest BCUT2D eigenvalue weighted by Gasteiger charge is 2.05. The summed E-state index contributed by atoms with van der Waals surface area (Å²) < 4.78 is 5.34. The van der Waals surface area contributed by atoms with E-state index in [2.05, 4.69) is 0 Å². The smallest absolute Gasteiger partial charge is 0.120 e. The Balaban J connectivity index is 2.38. The molecule has 0 unspecified atom stereocenters. The molecular formula is C12H16O3. The molecule has 1 aromatic heterocycles. The second-order valence-corrected chi connectivity index (χ2v) is 3.49. The molecule has 0 N–H and O–H groups in total. The first-order valence-electron chi connectivity index (χ1n) is 5.31. The molecule has 1 rings (SSSR count). The predicted octanol–water partition coefficient (Wildman–Crippen LogP) is 2.32. The number of hydrogen-bond donors (Lipinski definition) is 0. The van der Waals surface area contributed by atoms with Crippen molar-refractivity contribution in [1.82, 2.24) is 0 Å². The van der Waals surface area contributed by atoms with Crippen LogP contribution in [0, 0.1) is 0 Å². The number of rotatable bonds is 8. The van der Waals surface area contributed by atoms with Gasteiger partial charge in [-0.2, -0.15) is 0 Å². The summed E-state index contributed by atoms with van der Waals surface area (Å²) in [6.07, 6.45) is 8.09. The van der Waals surface area contributed by atoms with Gasteiger partial charge in [-0.3, -0.25) is 0 Å². The maximum Gasteiger partial charge on any atom is 0.120 e. The molecule has 3 nitrogen and oxygen atoms in total. The van der Waals surface area contributed by atoms with Crippen LogP contribution >= 0.6 is 0 Å². The average molecular weight is 208 g/mol. The predicted molar refractivity (Wildman–Crippen MR) is 56.7 cm³/mol. The average Bonchev–Trinajstić information content (AvgIpc) is 2.67. The maximum absolute atomic E-state index is 10.2. The minimum absolute atomic E-state index is 0.578. The van der Waals surface area contributed by atoms with E-state index in [4.69, 9.17) is 4.42 Å². The van der Waals surface area contributed by atoms with Gasteiger partial charge in [0, 0.05) is 19.3 Å². The molecule has 0 saturated heterocycles. The van der Waals surface area contributed by atoms with Crippen molar-refractivity contribution in [3.8, 4) is 0 Å². The molecule has 0 aliphatic carbocycles. The number of furan rings is 1. The quantitative estimate of drug-likeness (QED) is 0.486. The van der Waals surface area contributed by atoms with Gasteiger partial charge >= 0.3 is 0 Å². The normalized spacial score (nSPS) is 10.1. The van der Waals surface area contributed by atoms with Crippen molar-refractivity contribution in [3.05, 3.63) is 23.7 Å². The molecule has 0 atom stereocenters. The van der Waals surface area contributed by atoms with E-state index < -0.39 is 0 Å². The lowest BCUT2D eigenvalue weighted by Gasteiger charge is -1.99. The lowest BCUT2D eigenvalue weighted by atomic mass is 10.1. The van der Waals surface area contributed by atoms with E-state index in [1.165, 1.54) is 5.56 Å². The van der Waals surface area contributed by atoms with Crippen LogP contribution in [-0.2, 0) is 22.4 Å². The fourth-order valence-corrected chi connectivity index (χ4v) is 1.53. The molecular weight excluding hydrogens is 192 g/mol. The molecule has 82 valence electrons. The lowest BCUT2D eigenvalue weighted by molar-refractivity contribution is -0.108. The maximum atomic E-state index is 10.2. The molecule has 0 spiro atoms. The van der Waals surface area contributed by atoms with E-state index >= 15 is 0 Å². The summed E-state index contributed by atoms with van der Waals surface area (Å²) in [6.45, 7) is 0. The van der Waals surface area contributed by atoms with Gasteiger partial charge in [0.25, 0.3) is 0 Å². The largest absolute Gasteiger partial charge is 0.469 e. The number of carbonyl (C=O) groups excluding carboxylic acids is 2. The standard InChI is InChI=1S/C12H16O3/c13-8-3-1-5-11-7-10-15-12(11)6-2-4-9-14/h7-10H,1-6H2. The molecule has 1 heterocycles. The van der Waals surface area contributed by atoms with E-state index in [0.29, 0.717) is 12.8 Å². The zero-order chi connectivity index (χ0) is 10.9. The van der Waals surface area contributed by atoms with Crippen molar-refractivity contribution in [3.63, 3.8) is 0 Å². The van der Waals surface area contributed by atoms with Gasteiger partial charge in [-0.1, -0.05) is 0 Å². The Bertz CT molecular complexity index is 273. The van der Waals surface area contributed by atoms with Gasteiger partial charge in [0.15, 0.2) is 0 Å². The molecule has 0 fully saturated rings. The zero-order valence-corrected chi connectivity index (χ0v) is 8.78. The lowest BCUT2D eigenvalue weighted by Crippen LogP contribution is -1.91. The van der Waals surface area contributed by atoms with Gasteiger partial charge in [-0.05, 0) is 30.9 Å². The minimum Gasteiger partial charge on any atom is -0.469 e. The Kier molecular flexibility index (Phi) is 5.44. The summed E-state index contributed by atoms with van der Waals surface area (Å²) in [7, 11) is 0. The monoisotopic (exact) mass is 208 g/mol. The highest BCUT2D eigenvalue weighted by molar-refractivity contribution is 5.49. The molecule has 1 aromatic rings. The van der Waals surface area contributed by atoms with Crippen LogP contribution in [0.25, 0.3) is 0 Å². The van der Waals surface area contributed by atoms with Gasteiger partial charge in [0.1, 0.15) is 18.3 Å². The summed E-state index contributed by atoms with van der Waals surface area (Å²) in [5.74, 6) is 0.961. The van der Waals surface area contributed by atoms with Crippen LogP contribution in [0.2, 0.25) is 0 Å². The number of aryl methyl sites for hydroxylation is 2. The molecule has 0 radical (unpaired) electrons. The minimum atomic E-state index is 0.578. The van der Waals surface area contributed by atoms with Gasteiger partial charge < -0.3 is 14.0 Å². The Morgan fingerprint density at radius 2 is 1.73 bits per heavy atom. The molecule has 0 aromatic carbocycles. The third kappa shape index (κ3) is 4.11. The third-order valence-electron chi connectivity index (χ3n) is 2.33. The molecule has 0 bridgehead atoms. The Morgan fingerprint density at radius 1 is 1.07 bits per heavy atom. The third-order valence-corrected chi connectivity index (χ3v) is 2.33. The molecule has 0 saturated carbocycles. The molecule has 0 aliphatic rings. The van der Waals surface area contributed by atoms with Crippen molar-refractivity contribution in [2.24, 2.45) is 0 Å². The second-order valence-electron chi connectivity index (χ2n) is 3.49. The first kappa shape index (κ1) is 11.7. The van der Waals surface area contributed by atoms with Crippen molar-refractivity contribution in [2.75, 3.05) is 0 Å². The van der Waals surface area contributed by atoms with E-state index in [0.717, 1.165) is 44.0 Å². The highest BCUT2D eigenvalue weighted by atomic mass is 16.3. The second kappa shape index (κ2) is 6.98. The van der Waals surface area contributed by atoms with Crippen LogP contribution in [0.3, 0.4) is 0 Å². The molecule has 15 heavy (non-hydrogen) atoms. The van der Waals surface area contributed by atoms with Crippen LogP contribution in [0.5, 0.6) is 0 Å². The van der Waals surface area contributed by atoms with Gasteiger partial charge in [0.2, 0.25) is 0 Å². The van der Waals surface area contributed by atoms with Crippen molar-refractivity contribution < 1.29 is 14.0 Å². The van der Waals surface area contributed by atoms with E-state index in [1.54, 1.807) is 6.26 Å². The summed E-state index contributed by atoms with van der Waals surface area (Å²) in [4.78, 5) is 20.3. The molecule has 0 aliphatic heterocycles. The van der Waals surface area contributed by atoms with Crippen LogP contribution in [-0.4, -0.2) is 12.6 Å². The topological polar surface area (TPSA) is 47.3 Å². The zero-order valence-electron chi connectivity index (χ0n) is 8.78. The number of hydrogen-bond acceptors (Lipinski definition) is 3. The van der Waals surface area contributed by atoms with Crippen molar-refractivity contribution >= 4 is 12.6 Å². The number of aldehydes is 2. The Labute approximate surface area is 89.5 Å². The molecule has 3 heteroatoms. The van der Waals surface area contributed by atoms with Crippen molar-refractivity contribution in [1.29, 1.82) is 0 Å².